The Kier molecular flexibility index (Phi) is 4.15. The standard InChI is InChI=1S/C17H24N2O2/c20-15-6-4-13(5-7-15)16(21)19-14-8-11-18-17(12-14)9-2-1-3-10-17/h4-7,14,18,20H,1-3,8-12H2,(H,19,21). The molecule has 1 spiro atoms. The maximum Gasteiger partial charge on any atom is 0.251 e. The summed E-state index contributed by atoms with van der Waals surface area (Å²) >= 11 is 0. The number of amides is 1. The topological polar surface area (TPSA) is 61.4 Å². The largest absolute Gasteiger partial charge is 0.508 e. The maximum absolute atomic E-state index is 12.3. The first kappa shape index (κ1) is 14.4. The Balaban J connectivity index is 1.61. The summed E-state index contributed by atoms with van der Waals surface area (Å²) in [6.07, 6.45) is 8.44. The molecule has 1 amide bonds. The number of nitrogens with one attached hydrogen (secondary N) is 2. The van der Waals surface area contributed by atoms with Gasteiger partial charge in [-0.25, -0.2) is 0 Å². The molecule has 0 radical (unpaired) electrons. The molecule has 1 aromatic rings. The lowest BCUT2D eigenvalue weighted by Crippen LogP contribution is -2.57. The zero-order chi connectivity index (χ0) is 14.7. The van der Waals surface area contributed by atoms with Crippen LogP contribution in [0.25, 0.3) is 0 Å². The molecule has 3 rings (SSSR count). The van der Waals surface area contributed by atoms with Crippen LogP contribution in [0.1, 0.15) is 55.3 Å². The second kappa shape index (κ2) is 6.06. The highest BCUT2D eigenvalue weighted by molar-refractivity contribution is 5.94. The van der Waals surface area contributed by atoms with Crippen LogP contribution in [0.2, 0.25) is 0 Å². The third kappa shape index (κ3) is 3.38. The van der Waals surface area contributed by atoms with Gasteiger partial charge < -0.3 is 15.7 Å². The number of benzene rings is 1. The molecule has 1 atom stereocenters. The van der Waals surface area contributed by atoms with Gasteiger partial charge in [-0.2, -0.15) is 0 Å². The summed E-state index contributed by atoms with van der Waals surface area (Å²) in [4.78, 5) is 12.3. The summed E-state index contributed by atoms with van der Waals surface area (Å²) in [6.45, 7) is 0.987. The van der Waals surface area contributed by atoms with Gasteiger partial charge in [0.1, 0.15) is 5.75 Å². The second-order valence-electron chi connectivity index (χ2n) is 6.48. The molecule has 1 unspecified atom stereocenters. The highest BCUT2D eigenvalue weighted by atomic mass is 16.3. The number of carbonyl (C=O) groups is 1. The Hall–Kier alpha value is -1.55. The summed E-state index contributed by atoms with van der Waals surface area (Å²) in [5.74, 6) is 0.155. The number of rotatable bonds is 2. The highest BCUT2D eigenvalue weighted by Gasteiger charge is 2.37. The van der Waals surface area contributed by atoms with Crippen LogP contribution in [-0.4, -0.2) is 29.1 Å². The van der Waals surface area contributed by atoms with Crippen LogP contribution in [0.3, 0.4) is 0 Å². The van der Waals surface area contributed by atoms with Crippen molar-refractivity contribution in [3.05, 3.63) is 29.8 Å². The zero-order valence-corrected chi connectivity index (χ0v) is 12.4. The Morgan fingerprint density at radius 1 is 1.19 bits per heavy atom. The van der Waals surface area contributed by atoms with Crippen molar-refractivity contribution in [2.75, 3.05) is 6.54 Å². The minimum atomic E-state index is -0.0344. The highest BCUT2D eigenvalue weighted by Crippen LogP contribution is 2.34. The van der Waals surface area contributed by atoms with E-state index in [1.165, 1.54) is 32.1 Å². The summed E-state index contributed by atoms with van der Waals surface area (Å²) < 4.78 is 0. The predicted molar refractivity (Wildman–Crippen MR) is 82.4 cm³/mol. The van der Waals surface area contributed by atoms with E-state index in [0.29, 0.717) is 5.56 Å². The minimum Gasteiger partial charge on any atom is -0.508 e. The minimum absolute atomic E-state index is 0.0344. The number of carbonyl (C=O) groups excluding carboxylic acids is 1. The second-order valence-corrected chi connectivity index (χ2v) is 6.48. The third-order valence-corrected chi connectivity index (χ3v) is 4.91. The Labute approximate surface area is 125 Å². The molecule has 3 N–H and O–H groups in total. The monoisotopic (exact) mass is 288 g/mol. The molecule has 1 aromatic carbocycles. The van der Waals surface area contributed by atoms with Crippen molar-refractivity contribution in [2.24, 2.45) is 0 Å². The van der Waals surface area contributed by atoms with E-state index in [1.54, 1.807) is 24.3 Å². The molecule has 2 aliphatic rings. The van der Waals surface area contributed by atoms with Crippen LogP contribution in [0.15, 0.2) is 24.3 Å². The smallest absolute Gasteiger partial charge is 0.251 e. The van der Waals surface area contributed by atoms with Gasteiger partial charge in [-0.1, -0.05) is 19.3 Å². The van der Waals surface area contributed by atoms with Crippen molar-refractivity contribution >= 4 is 5.91 Å². The quantitative estimate of drug-likeness (QED) is 0.784. The van der Waals surface area contributed by atoms with Gasteiger partial charge in [0.15, 0.2) is 0 Å². The van der Waals surface area contributed by atoms with E-state index in [-0.39, 0.29) is 23.2 Å². The molecule has 0 bridgehead atoms. The van der Waals surface area contributed by atoms with Crippen LogP contribution in [0, 0.1) is 0 Å². The average molecular weight is 288 g/mol. The van der Waals surface area contributed by atoms with Gasteiger partial charge in [0.05, 0.1) is 0 Å². The Bertz CT molecular complexity index is 487. The fourth-order valence-electron chi connectivity index (χ4n) is 3.77. The first-order valence-corrected chi connectivity index (χ1v) is 8.02. The van der Waals surface area contributed by atoms with Crippen molar-refractivity contribution in [1.82, 2.24) is 10.6 Å². The van der Waals surface area contributed by atoms with Crippen molar-refractivity contribution in [2.45, 2.75) is 56.5 Å². The van der Waals surface area contributed by atoms with E-state index < -0.39 is 0 Å². The number of phenolic OH excluding ortho intramolecular Hbond substituents is 1. The normalized spacial score (nSPS) is 24.7. The maximum atomic E-state index is 12.3. The van der Waals surface area contributed by atoms with Gasteiger partial charge in [0, 0.05) is 17.1 Å². The molecule has 0 aromatic heterocycles. The number of hydrogen-bond acceptors (Lipinski definition) is 3. The van der Waals surface area contributed by atoms with Gasteiger partial charge in [-0.15, -0.1) is 0 Å². The van der Waals surface area contributed by atoms with Crippen LogP contribution in [0.5, 0.6) is 5.75 Å². The van der Waals surface area contributed by atoms with E-state index in [1.807, 2.05) is 0 Å². The molecule has 21 heavy (non-hydrogen) atoms. The number of piperidine rings is 1. The predicted octanol–water partition coefficient (Wildman–Crippen LogP) is 2.58. The molecule has 2 fully saturated rings. The van der Waals surface area contributed by atoms with Crippen LogP contribution >= 0.6 is 0 Å². The Morgan fingerprint density at radius 3 is 2.62 bits per heavy atom. The molecule has 4 nitrogen and oxygen atoms in total. The lowest BCUT2D eigenvalue weighted by molar-refractivity contribution is 0.0892. The average Bonchev–Trinajstić information content (AvgIpc) is 2.49. The number of aromatic hydroxyl groups is 1. The molecule has 1 saturated heterocycles. The fourth-order valence-corrected chi connectivity index (χ4v) is 3.77. The lowest BCUT2D eigenvalue weighted by Gasteiger charge is -2.44. The number of hydrogen-bond donors (Lipinski definition) is 3. The fraction of sp³-hybridized carbons (Fsp3) is 0.588. The zero-order valence-electron chi connectivity index (χ0n) is 12.4. The summed E-state index contributed by atoms with van der Waals surface area (Å²) in [5, 5.41) is 16.2. The molecule has 1 aliphatic carbocycles. The Morgan fingerprint density at radius 2 is 1.90 bits per heavy atom. The summed E-state index contributed by atoms with van der Waals surface area (Å²) in [7, 11) is 0. The van der Waals surface area contributed by atoms with Gasteiger partial charge in [0.25, 0.3) is 5.91 Å². The first-order valence-electron chi connectivity index (χ1n) is 8.02. The van der Waals surface area contributed by atoms with Gasteiger partial charge in [-0.3, -0.25) is 4.79 Å². The third-order valence-electron chi connectivity index (χ3n) is 4.91. The van der Waals surface area contributed by atoms with Crippen molar-refractivity contribution in [1.29, 1.82) is 0 Å². The molecule has 4 heteroatoms. The van der Waals surface area contributed by atoms with Gasteiger partial charge in [0.2, 0.25) is 0 Å². The molecule has 114 valence electrons. The van der Waals surface area contributed by atoms with E-state index in [2.05, 4.69) is 10.6 Å². The summed E-state index contributed by atoms with van der Waals surface area (Å²) in [6, 6.07) is 6.70. The van der Waals surface area contributed by atoms with Crippen molar-refractivity contribution in [3.63, 3.8) is 0 Å². The van der Waals surface area contributed by atoms with E-state index in [9.17, 15) is 9.90 Å². The van der Waals surface area contributed by atoms with Gasteiger partial charge in [-0.05, 0) is 56.5 Å². The SMILES string of the molecule is O=C(NC1CCNC2(CCCCC2)C1)c1ccc(O)cc1. The number of phenols is 1. The van der Waals surface area contributed by atoms with E-state index in [0.717, 1.165) is 19.4 Å². The van der Waals surface area contributed by atoms with Crippen molar-refractivity contribution < 1.29 is 9.90 Å². The molecular formula is C17H24N2O2. The van der Waals surface area contributed by atoms with E-state index in [4.69, 9.17) is 0 Å². The van der Waals surface area contributed by atoms with Crippen LogP contribution < -0.4 is 10.6 Å². The molecule has 1 saturated carbocycles. The van der Waals surface area contributed by atoms with E-state index >= 15 is 0 Å². The lowest BCUT2D eigenvalue weighted by atomic mass is 9.75. The van der Waals surface area contributed by atoms with Crippen molar-refractivity contribution in [3.8, 4) is 5.75 Å². The van der Waals surface area contributed by atoms with Crippen LogP contribution in [0.4, 0.5) is 0 Å². The first-order chi connectivity index (χ1) is 10.2. The summed E-state index contributed by atoms with van der Waals surface area (Å²) in [5.41, 5.74) is 0.868. The molecular weight excluding hydrogens is 264 g/mol. The van der Waals surface area contributed by atoms with Crippen LogP contribution in [-0.2, 0) is 0 Å². The van der Waals surface area contributed by atoms with Gasteiger partial charge >= 0.3 is 0 Å². The molecule has 1 aliphatic heterocycles. The molecule has 1 heterocycles.